The van der Waals surface area contributed by atoms with E-state index in [1.807, 2.05) is 0 Å². The third-order valence-electron chi connectivity index (χ3n) is 3.44. The topological polar surface area (TPSA) is 93.7 Å². The molecule has 0 saturated carbocycles. The van der Waals surface area contributed by atoms with Crippen molar-refractivity contribution in [3.8, 4) is 0 Å². The van der Waals surface area contributed by atoms with E-state index in [0.717, 1.165) is 13.1 Å². The van der Waals surface area contributed by atoms with E-state index in [9.17, 15) is 13.2 Å². The molecule has 1 aromatic carbocycles. The van der Waals surface area contributed by atoms with Gasteiger partial charge < -0.3 is 10.2 Å². The Morgan fingerprint density at radius 1 is 1.15 bits per heavy atom. The van der Waals surface area contributed by atoms with Gasteiger partial charge in [-0.2, -0.15) is 0 Å². The molecule has 0 radical (unpaired) electrons. The van der Waals surface area contributed by atoms with E-state index in [1.54, 1.807) is 12.1 Å². The van der Waals surface area contributed by atoms with Gasteiger partial charge in [0.25, 0.3) is 5.91 Å². The number of piperidine rings is 1. The maximum atomic E-state index is 11.9. The Morgan fingerprint density at radius 2 is 1.75 bits per heavy atom. The van der Waals surface area contributed by atoms with Gasteiger partial charge in [-0.15, -0.1) is 0 Å². The molecule has 2 rings (SSSR count). The summed E-state index contributed by atoms with van der Waals surface area (Å²) in [4.78, 5) is 13.2. The van der Waals surface area contributed by atoms with E-state index in [2.05, 4.69) is 5.32 Å². The van der Waals surface area contributed by atoms with Crippen molar-refractivity contribution in [3.63, 3.8) is 0 Å². The molecule has 0 unspecified atom stereocenters. The van der Waals surface area contributed by atoms with Crippen molar-refractivity contribution < 1.29 is 18.1 Å². The van der Waals surface area contributed by atoms with Crippen LogP contribution in [0.2, 0.25) is 0 Å². The van der Waals surface area contributed by atoms with Gasteiger partial charge in [-0.1, -0.05) is 0 Å². The van der Waals surface area contributed by atoms with E-state index >= 15 is 0 Å². The lowest BCUT2D eigenvalue weighted by atomic mass is 10.1. The van der Waals surface area contributed by atoms with Crippen molar-refractivity contribution in [3.05, 3.63) is 24.3 Å². The molecular formula is C13H20N3O3S+. The fourth-order valence-corrected chi connectivity index (χ4v) is 2.90. The normalized spacial score (nSPS) is 16.9. The quantitative estimate of drug-likeness (QED) is 0.689. The van der Waals surface area contributed by atoms with Gasteiger partial charge in [-0.3, -0.25) is 4.79 Å². The highest BCUT2D eigenvalue weighted by Crippen LogP contribution is 2.12. The van der Waals surface area contributed by atoms with Crippen molar-refractivity contribution in [1.29, 1.82) is 0 Å². The van der Waals surface area contributed by atoms with Crippen LogP contribution in [0.5, 0.6) is 0 Å². The van der Waals surface area contributed by atoms with E-state index in [1.165, 1.54) is 36.3 Å². The highest BCUT2D eigenvalue weighted by molar-refractivity contribution is 7.89. The summed E-state index contributed by atoms with van der Waals surface area (Å²) >= 11 is 0. The van der Waals surface area contributed by atoms with Crippen LogP contribution in [-0.4, -0.2) is 34.0 Å². The summed E-state index contributed by atoms with van der Waals surface area (Å²) in [6.07, 6.45) is 3.59. The van der Waals surface area contributed by atoms with Crippen LogP contribution in [-0.2, 0) is 14.8 Å². The maximum Gasteiger partial charge on any atom is 0.279 e. The Morgan fingerprint density at radius 3 is 2.30 bits per heavy atom. The number of carbonyl (C=O) groups excluding carboxylic acids is 1. The van der Waals surface area contributed by atoms with Crippen molar-refractivity contribution >= 4 is 21.6 Å². The molecule has 1 fully saturated rings. The summed E-state index contributed by atoms with van der Waals surface area (Å²) in [7, 11) is -3.69. The predicted molar refractivity (Wildman–Crippen MR) is 75.9 cm³/mol. The number of carbonyl (C=O) groups is 1. The predicted octanol–water partition coefficient (Wildman–Crippen LogP) is -0.659. The third-order valence-corrected chi connectivity index (χ3v) is 4.37. The number of benzene rings is 1. The zero-order chi connectivity index (χ0) is 14.6. The fourth-order valence-electron chi connectivity index (χ4n) is 2.39. The first-order chi connectivity index (χ1) is 9.45. The standard InChI is InChI=1S/C13H19N3O3S/c14-20(18,19)12-6-4-11(5-7-12)15-13(17)10-16-8-2-1-3-9-16/h4-7H,1-3,8-10H2,(H,15,17)(H2,14,18,19)/p+1. The lowest BCUT2D eigenvalue weighted by molar-refractivity contribution is -0.896. The molecule has 1 aliphatic heterocycles. The Labute approximate surface area is 119 Å². The van der Waals surface area contributed by atoms with Crippen LogP contribution in [0.15, 0.2) is 29.2 Å². The van der Waals surface area contributed by atoms with Crippen molar-refractivity contribution in [2.45, 2.75) is 24.2 Å². The first kappa shape index (κ1) is 15.0. The van der Waals surface area contributed by atoms with E-state index in [4.69, 9.17) is 5.14 Å². The largest absolute Gasteiger partial charge is 0.327 e. The summed E-state index contributed by atoms with van der Waals surface area (Å²) in [5.74, 6) is -0.0507. The molecule has 0 spiro atoms. The molecule has 110 valence electrons. The van der Waals surface area contributed by atoms with E-state index < -0.39 is 10.0 Å². The van der Waals surface area contributed by atoms with Gasteiger partial charge in [-0.05, 0) is 43.5 Å². The minimum Gasteiger partial charge on any atom is -0.327 e. The highest BCUT2D eigenvalue weighted by atomic mass is 32.2. The summed E-state index contributed by atoms with van der Waals surface area (Å²) in [6.45, 7) is 2.53. The number of likely N-dealkylation sites (tertiary alicyclic amines) is 1. The minimum atomic E-state index is -3.69. The second kappa shape index (κ2) is 6.34. The lowest BCUT2D eigenvalue weighted by Crippen LogP contribution is -3.13. The molecule has 0 aliphatic carbocycles. The molecule has 0 aromatic heterocycles. The first-order valence-corrected chi connectivity index (χ1v) is 8.26. The molecule has 1 aromatic rings. The number of nitrogens with two attached hydrogens (primary N) is 1. The number of primary sulfonamides is 1. The second-order valence-corrected chi connectivity index (χ2v) is 6.67. The van der Waals surface area contributed by atoms with Crippen LogP contribution in [0.3, 0.4) is 0 Å². The number of hydrogen-bond acceptors (Lipinski definition) is 3. The van der Waals surface area contributed by atoms with E-state index in [-0.39, 0.29) is 10.8 Å². The average molecular weight is 298 g/mol. The molecule has 1 aliphatic rings. The Kier molecular flexibility index (Phi) is 4.74. The van der Waals surface area contributed by atoms with Crippen LogP contribution in [0.4, 0.5) is 5.69 Å². The Balaban J connectivity index is 1.91. The van der Waals surface area contributed by atoms with Crippen molar-refractivity contribution in [2.75, 3.05) is 25.0 Å². The molecule has 4 N–H and O–H groups in total. The Hall–Kier alpha value is -1.44. The van der Waals surface area contributed by atoms with Gasteiger partial charge in [0.15, 0.2) is 6.54 Å². The van der Waals surface area contributed by atoms with Crippen molar-refractivity contribution in [1.82, 2.24) is 0 Å². The summed E-state index contributed by atoms with van der Waals surface area (Å²) in [6, 6.07) is 5.86. The molecule has 7 heteroatoms. The summed E-state index contributed by atoms with van der Waals surface area (Å²) in [5.41, 5.74) is 0.582. The number of amides is 1. The average Bonchev–Trinajstić information content (AvgIpc) is 2.39. The number of anilines is 1. The molecule has 1 amide bonds. The third kappa shape index (κ3) is 4.29. The zero-order valence-corrected chi connectivity index (χ0v) is 12.1. The molecule has 1 heterocycles. The smallest absolute Gasteiger partial charge is 0.279 e. The fraction of sp³-hybridized carbons (Fsp3) is 0.462. The zero-order valence-electron chi connectivity index (χ0n) is 11.3. The van der Waals surface area contributed by atoms with Gasteiger partial charge in [0.1, 0.15) is 0 Å². The van der Waals surface area contributed by atoms with Crippen LogP contribution >= 0.6 is 0 Å². The molecule has 20 heavy (non-hydrogen) atoms. The summed E-state index contributed by atoms with van der Waals surface area (Å²) < 4.78 is 22.2. The van der Waals surface area contributed by atoms with Gasteiger partial charge in [0, 0.05) is 5.69 Å². The van der Waals surface area contributed by atoms with Crippen LogP contribution in [0.1, 0.15) is 19.3 Å². The first-order valence-electron chi connectivity index (χ1n) is 6.71. The molecule has 1 saturated heterocycles. The molecule has 0 bridgehead atoms. The van der Waals surface area contributed by atoms with E-state index in [0.29, 0.717) is 12.2 Å². The molecule has 6 nitrogen and oxygen atoms in total. The highest BCUT2D eigenvalue weighted by Gasteiger charge is 2.17. The van der Waals surface area contributed by atoms with Gasteiger partial charge in [0.05, 0.1) is 18.0 Å². The maximum absolute atomic E-state index is 11.9. The van der Waals surface area contributed by atoms with Gasteiger partial charge in [-0.25, -0.2) is 13.6 Å². The number of quaternary nitrogens is 1. The lowest BCUT2D eigenvalue weighted by Gasteiger charge is -2.22. The summed E-state index contributed by atoms with van der Waals surface area (Å²) in [5, 5.41) is 7.79. The van der Waals surface area contributed by atoms with Crippen LogP contribution in [0, 0.1) is 0 Å². The number of nitrogens with one attached hydrogen (secondary N) is 2. The number of hydrogen-bond donors (Lipinski definition) is 3. The molecular weight excluding hydrogens is 278 g/mol. The Bertz CT molecular complexity index is 563. The number of sulfonamides is 1. The van der Waals surface area contributed by atoms with Crippen LogP contribution < -0.4 is 15.4 Å². The monoisotopic (exact) mass is 298 g/mol. The van der Waals surface area contributed by atoms with Crippen molar-refractivity contribution in [2.24, 2.45) is 5.14 Å². The molecule has 0 atom stereocenters. The van der Waals surface area contributed by atoms with Gasteiger partial charge >= 0.3 is 0 Å². The minimum absolute atomic E-state index is 0.0390. The van der Waals surface area contributed by atoms with Gasteiger partial charge in [0.2, 0.25) is 10.0 Å². The SMILES string of the molecule is NS(=O)(=O)c1ccc(NC(=O)C[NH+]2CCCCC2)cc1. The second-order valence-electron chi connectivity index (χ2n) is 5.10. The number of rotatable bonds is 4. The van der Waals surface area contributed by atoms with Crippen LogP contribution in [0.25, 0.3) is 0 Å².